The Hall–Kier alpha value is -0.860. The molecule has 1 aromatic rings. The molecule has 2 nitrogen and oxygen atoms in total. The maximum Gasteiger partial charge on any atom is 0.0281 e. The summed E-state index contributed by atoms with van der Waals surface area (Å²) in [7, 11) is 0. The Morgan fingerprint density at radius 3 is 2.89 bits per heavy atom. The molecule has 3 N–H and O–H groups in total. The normalized spacial score (nSPS) is 22.3. The van der Waals surface area contributed by atoms with Gasteiger partial charge in [0.15, 0.2) is 0 Å². The van der Waals surface area contributed by atoms with E-state index in [1.54, 1.807) is 0 Å². The number of benzene rings is 1. The quantitative estimate of drug-likeness (QED) is 0.617. The van der Waals surface area contributed by atoms with Gasteiger partial charge in [-0.2, -0.15) is 0 Å². The molecule has 3 atom stereocenters. The van der Waals surface area contributed by atoms with E-state index in [1.165, 1.54) is 43.2 Å². The van der Waals surface area contributed by atoms with Crippen molar-refractivity contribution in [1.29, 1.82) is 0 Å². The molecule has 1 aliphatic rings. The van der Waals surface area contributed by atoms with Gasteiger partial charge in [-0.15, -0.1) is 0 Å². The van der Waals surface area contributed by atoms with Crippen LogP contribution in [-0.2, 0) is 6.42 Å². The van der Waals surface area contributed by atoms with Crippen molar-refractivity contribution in [3.05, 3.63) is 35.4 Å². The first-order valence-corrected chi connectivity index (χ1v) is 7.30. The number of hydrogen-bond acceptors (Lipinski definition) is 2. The predicted octanol–water partition coefficient (Wildman–Crippen LogP) is 3.37. The predicted molar refractivity (Wildman–Crippen MR) is 77.3 cm³/mol. The average molecular weight is 246 g/mol. The Kier molecular flexibility index (Phi) is 4.79. The standard InChI is InChI=1S/C16H26N2/c1-3-12(2)11-16(18-17)15-10-6-8-13-7-4-5-9-14(13)15/h4-5,7,9,12,15-16,18H,3,6,8,10-11,17H2,1-2H3. The highest BCUT2D eigenvalue weighted by molar-refractivity contribution is 5.33. The summed E-state index contributed by atoms with van der Waals surface area (Å²) in [4.78, 5) is 0. The zero-order chi connectivity index (χ0) is 13.0. The van der Waals surface area contributed by atoms with Crippen LogP contribution in [0, 0.1) is 5.92 Å². The van der Waals surface area contributed by atoms with E-state index in [-0.39, 0.29) is 0 Å². The maximum atomic E-state index is 5.81. The number of nitrogens with one attached hydrogen (secondary N) is 1. The molecule has 0 spiro atoms. The SMILES string of the molecule is CCC(C)CC(NN)C1CCCc2ccccc21. The van der Waals surface area contributed by atoms with Gasteiger partial charge in [-0.05, 0) is 42.7 Å². The molecule has 18 heavy (non-hydrogen) atoms. The van der Waals surface area contributed by atoms with Gasteiger partial charge in [0.2, 0.25) is 0 Å². The highest BCUT2D eigenvalue weighted by Crippen LogP contribution is 2.35. The van der Waals surface area contributed by atoms with Crippen molar-refractivity contribution in [3.8, 4) is 0 Å². The van der Waals surface area contributed by atoms with Gasteiger partial charge in [0, 0.05) is 12.0 Å². The zero-order valence-electron chi connectivity index (χ0n) is 11.7. The van der Waals surface area contributed by atoms with E-state index in [9.17, 15) is 0 Å². The third-order valence-electron chi connectivity index (χ3n) is 4.47. The molecule has 3 unspecified atom stereocenters. The van der Waals surface area contributed by atoms with Crippen LogP contribution >= 0.6 is 0 Å². The molecular weight excluding hydrogens is 220 g/mol. The third kappa shape index (κ3) is 2.93. The fourth-order valence-corrected chi connectivity index (χ4v) is 3.16. The molecule has 0 saturated heterocycles. The van der Waals surface area contributed by atoms with Crippen molar-refractivity contribution in [3.63, 3.8) is 0 Å². The lowest BCUT2D eigenvalue weighted by molar-refractivity contribution is 0.329. The Morgan fingerprint density at radius 2 is 2.17 bits per heavy atom. The average Bonchev–Trinajstić information content (AvgIpc) is 2.44. The topological polar surface area (TPSA) is 38.0 Å². The van der Waals surface area contributed by atoms with E-state index < -0.39 is 0 Å². The Morgan fingerprint density at radius 1 is 1.39 bits per heavy atom. The third-order valence-corrected chi connectivity index (χ3v) is 4.47. The molecule has 1 aromatic carbocycles. The van der Waals surface area contributed by atoms with Gasteiger partial charge < -0.3 is 0 Å². The second kappa shape index (κ2) is 6.35. The number of hydrogen-bond donors (Lipinski definition) is 2. The summed E-state index contributed by atoms with van der Waals surface area (Å²) in [6.07, 6.45) is 6.19. The van der Waals surface area contributed by atoms with Crippen LogP contribution in [-0.4, -0.2) is 6.04 Å². The molecule has 0 bridgehead atoms. The lowest BCUT2D eigenvalue weighted by atomic mass is 9.76. The molecule has 0 aromatic heterocycles. The molecule has 0 amide bonds. The molecular formula is C16H26N2. The van der Waals surface area contributed by atoms with Crippen molar-refractivity contribution < 1.29 is 0 Å². The lowest BCUT2D eigenvalue weighted by Gasteiger charge is -2.33. The Labute approximate surface area is 111 Å². The number of nitrogens with two attached hydrogens (primary N) is 1. The monoisotopic (exact) mass is 246 g/mol. The van der Waals surface area contributed by atoms with Crippen LogP contribution < -0.4 is 11.3 Å². The highest BCUT2D eigenvalue weighted by atomic mass is 15.2. The zero-order valence-corrected chi connectivity index (χ0v) is 11.7. The molecule has 100 valence electrons. The molecule has 0 fully saturated rings. The number of fused-ring (bicyclic) bond motifs is 1. The van der Waals surface area contributed by atoms with E-state index in [4.69, 9.17) is 5.84 Å². The Bertz CT molecular complexity index is 375. The van der Waals surface area contributed by atoms with E-state index in [0.717, 1.165) is 5.92 Å². The van der Waals surface area contributed by atoms with Crippen LogP contribution in [0.1, 0.15) is 56.6 Å². The van der Waals surface area contributed by atoms with Crippen LogP contribution in [0.15, 0.2) is 24.3 Å². The Balaban J connectivity index is 2.17. The minimum Gasteiger partial charge on any atom is -0.271 e. The summed E-state index contributed by atoms with van der Waals surface area (Å²) in [5.41, 5.74) is 6.13. The van der Waals surface area contributed by atoms with E-state index in [0.29, 0.717) is 12.0 Å². The van der Waals surface area contributed by atoms with E-state index >= 15 is 0 Å². The number of aryl methyl sites for hydroxylation is 1. The number of hydrazine groups is 1. The molecule has 2 rings (SSSR count). The van der Waals surface area contributed by atoms with Crippen molar-refractivity contribution in [2.24, 2.45) is 11.8 Å². The van der Waals surface area contributed by atoms with Crippen LogP contribution in [0.4, 0.5) is 0 Å². The molecule has 0 radical (unpaired) electrons. The van der Waals surface area contributed by atoms with Gasteiger partial charge in [0.1, 0.15) is 0 Å². The van der Waals surface area contributed by atoms with Crippen LogP contribution in [0.25, 0.3) is 0 Å². The first-order chi connectivity index (χ1) is 8.76. The van der Waals surface area contributed by atoms with Gasteiger partial charge in [-0.1, -0.05) is 44.5 Å². The van der Waals surface area contributed by atoms with Crippen LogP contribution in [0.2, 0.25) is 0 Å². The second-order valence-corrected chi connectivity index (χ2v) is 5.72. The lowest BCUT2D eigenvalue weighted by Crippen LogP contribution is -2.42. The first-order valence-electron chi connectivity index (χ1n) is 7.30. The van der Waals surface area contributed by atoms with Gasteiger partial charge in [-0.25, -0.2) is 0 Å². The van der Waals surface area contributed by atoms with Crippen LogP contribution in [0.3, 0.4) is 0 Å². The van der Waals surface area contributed by atoms with Gasteiger partial charge >= 0.3 is 0 Å². The fourth-order valence-electron chi connectivity index (χ4n) is 3.16. The van der Waals surface area contributed by atoms with Gasteiger partial charge in [0.25, 0.3) is 0 Å². The molecule has 1 aliphatic carbocycles. The van der Waals surface area contributed by atoms with Crippen molar-refractivity contribution >= 4 is 0 Å². The minimum atomic E-state index is 0.418. The summed E-state index contributed by atoms with van der Waals surface area (Å²) < 4.78 is 0. The van der Waals surface area contributed by atoms with Crippen molar-refractivity contribution in [2.45, 2.75) is 57.9 Å². The molecule has 0 heterocycles. The minimum absolute atomic E-state index is 0.418. The van der Waals surface area contributed by atoms with Crippen molar-refractivity contribution in [2.75, 3.05) is 0 Å². The van der Waals surface area contributed by atoms with Crippen molar-refractivity contribution in [1.82, 2.24) is 5.43 Å². The van der Waals surface area contributed by atoms with Gasteiger partial charge in [0.05, 0.1) is 0 Å². The van der Waals surface area contributed by atoms with E-state index in [2.05, 4.69) is 43.5 Å². The summed E-state index contributed by atoms with van der Waals surface area (Å²) in [6.45, 7) is 4.58. The van der Waals surface area contributed by atoms with Crippen LogP contribution in [0.5, 0.6) is 0 Å². The summed E-state index contributed by atoms with van der Waals surface area (Å²) >= 11 is 0. The molecule has 0 aliphatic heterocycles. The summed E-state index contributed by atoms with van der Waals surface area (Å²) in [5.74, 6) is 7.14. The summed E-state index contributed by atoms with van der Waals surface area (Å²) in [5, 5.41) is 0. The first kappa shape index (κ1) is 13.6. The smallest absolute Gasteiger partial charge is 0.0281 e. The second-order valence-electron chi connectivity index (χ2n) is 5.72. The molecule has 2 heteroatoms. The van der Waals surface area contributed by atoms with E-state index in [1.807, 2.05) is 0 Å². The fraction of sp³-hybridized carbons (Fsp3) is 0.625. The summed E-state index contributed by atoms with van der Waals surface area (Å²) in [6, 6.07) is 9.30. The van der Waals surface area contributed by atoms with Gasteiger partial charge in [-0.3, -0.25) is 11.3 Å². The number of rotatable bonds is 5. The maximum absolute atomic E-state index is 5.81. The largest absolute Gasteiger partial charge is 0.271 e. The highest BCUT2D eigenvalue weighted by Gasteiger charge is 2.27. The molecule has 0 saturated carbocycles.